The van der Waals surface area contributed by atoms with E-state index in [1.807, 2.05) is 6.92 Å². The van der Waals surface area contributed by atoms with Gasteiger partial charge in [0.25, 0.3) is 0 Å². The Morgan fingerprint density at radius 3 is 2.73 bits per heavy atom. The van der Waals surface area contributed by atoms with Gasteiger partial charge in [0, 0.05) is 17.5 Å². The molecule has 1 aromatic carbocycles. The first kappa shape index (κ1) is 19.7. The topological polar surface area (TPSA) is 114 Å². The third-order valence-electron chi connectivity index (χ3n) is 5.35. The van der Waals surface area contributed by atoms with Crippen LogP contribution in [0.5, 0.6) is 11.6 Å². The molecule has 154 valence electrons. The van der Waals surface area contributed by atoms with E-state index in [4.69, 9.17) is 14.2 Å². The Hall–Kier alpha value is -3.57. The first-order valence-electron chi connectivity index (χ1n) is 9.47. The van der Waals surface area contributed by atoms with Crippen molar-refractivity contribution in [2.45, 2.75) is 25.9 Å². The second-order valence-corrected chi connectivity index (χ2v) is 7.28. The van der Waals surface area contributed by atoms with Crippen molar-refractivity contribution < 1.29 is 24.1 Å². The standard InChI is InChI=1S/C22H21N3O5/c1-11-8-24-21(30-14-9-29-10-14)19-18(17(22(26)27)12(2)25-20(11)19)15-5-4-13(7-23)6-16(15)28-3/h4-6,8,14,18,25H,9-10H2,1-3H3,(H,26,27). The van der Waals surface area contributed by atoms with Crippen molar-refractivity contribution in [3.05, 3.63) is 57.9 Å². The molecular formula is C22H21N3O5. The summed E-state index contributed by atoms with van der Waals surface area (Å²) in [4.78, 5) is 16.8. The smallest absolute Gasteiger partial charge is 0.334 e. The maximum atomic E-state index is 12.3. The minimum absolute atomic E-state index is 0.131. The molecule has 2 aliphatic rings. The number of nitrogens with zero attached hydrogens (tertiary/aromatic N) is 2. The molecule has 0 saturated carbocycles. The Bertz CT molecular complexity index is 1100. The maximum absolute atomic E-state index is 12.3. The first-order valence-corrected chi connectivity index (χ1v) is 9.47. The van der Waals surface area contributed by atoms with Gasteiger partial charge in [0.05, 0.1) is 54.7 Å². The van der Waals surface area contributed by atoms with E-state index in [1.54, 1.807) is 31.3 Å². The second kappa shape index (κ2) is 7.69. The van der Waals surface area contributed by atoms with E-state index in [0.29, 0.717) is 47.2 Å². The lowest BCUT2D eigenvalue weighted by Crippen LogP contribution is -2.39. The molecule has 1 saturated heterocycles. The number of benzene rings is 1. The molecule has 2 N–H and O–H groups in total. The van der Waals surface area contributed by atoms with Crippen LogP contribution in [-0.2, 0) is 9.53 Å². The van der Waals surface area contributed by atoms with Crippen molar-refractivity contribution in [1.82, 2.24) is 4.98 Å². The fraction of sp³-hybridized carbons (Fsp3) is 0.318. The summed E-state index contributed by atoms with van der Waals surface area (Å²) in [5.74, 6) is -0.955. The van der Waals surface area contributed by atoms with Gasteiger partial charge in [-0.25, -0.2) is 9.78 Å². The lowest BCUT2D eigenvalue weighted by atomic mass is 9.79. The summed E-state index contributed by atoms with van der Waals surface area (Å²) in [6, 6.07) is 7.07. The van der Waals surface area contributed by atoms with Crippen molar-refractivity contribution in [3.63, 3.8) is 0 Å². The van der Waals surface area contributed by atoms with Crippen LogP contribution in [0.2, 0.25) is 0 Å². The molecule has 8 nitrogen and oxygen atoms in total. The predicted molar refractivity (Wildman–Crippen MR) is 108 cm³/mol. The second-order valence-electron chi connectivity index (χ2n) is 7.28. The predicted octanol–water partition coefficient (Wildman–Crippen LogP) is 2.96. The highest BCUT2D eigenvalue weighted by Crippen LogP contribution is 2.49. The average Bonchev–Trinajstić information content (AvgIpc) is 2.70. The lowest BCUT2D eigenvalue weighted by Gasteiger charge is -2.34. The lowest BCUT2D eigenvalue weighted by molar-refractivity contribution is -0.133. The van der Waals surface area contributed by atoms with E-state index in [2.05, 4.69) is 16.4 Å². The number of allylic oxidation sites excluding steroid dienone is 1. The zero-order valence-corrected chi connectivity index (χ0v) is 16.9. The molecule has 0 radical (unpaired) electrons. The Labute approximate surface area is 173 Å². The number of nitrogens with one attached hydrogen (secondary N) is 1. The number of carboxylic acids is 1. The number of rotatable bonds is 5. The monoisotopic (exact) mass is 407 g/mol. The summed E-state index contributed by atoms with van der Waals surface area (Å²) in [5, 5.41) is 22.5. The number of aryl methyl sites for hydroxylation is 1. The van der Waals surface area contributed by atoms with E-state index < -0.39 is 11.9 Å². The molecule has 0 amide bonds. The van der Waals surface area contributed by atoms with E-state index in [-0.39, 0.29) is 11.7 Å². The van der Waals surface area contributed by atoms with Gasteiger partial charge in [0.15, 0.2) is 0 Å². The maximum Gasteiger partial charge on any atom is 0.334 e. The van der Waals surface area contributed by atoms with Gasteiger partial charge in [-0.2, -0.15) is 5.26 Å². The molecule has 1 fully saturated rings. The first-order chi connectivity index (χ1) is 14.4. The van der Waals surface area contributed by atoms with Gasteiger partial charge in [-0.15, -0.1) is 0 Å². The average molecular weight is 407 g/mol. The molecular weight excluding hydrogens is 386 g/mol. The quantitative estimate of drug-likeness (QED) is 0.778. The fourth-order valence-electron chi connectivity index (χ4n) is 3.81. The fourth-order valence-corrected chi connectivity index (χ4v) is 3.81. The SMILES string of the molecule is COc1cc(C#N)ccc1C1C(C(=O)O)=C(C)Nc2c(C)cnc(OC3COC3)c21. The molecule has 1 atom stereocenters. The minimum Gasteiger partial charge on any atom is -0.496 e. The zero-order valence-electron chi connectivity index (χ0n) is 16.9. The molecule has 1 unspecified atom stereocenters. The Morgan fingerprint density at radius 1 is 1.37 bits per heavy atom. The number of carboxylic acid groups (broad SMARTS) is 1. The molecule has 4 rings (SSSR count). The summed E-state index contributed by atoms with van der Waals surface area (Å²) in [6.07, 6.45) is 1.57. The van der Waals surface area contributed by atoms with Crippen LogP contribution in [0.4, 0.5) is 5.69 Å². The Balaban J connectivity index is 1.97. The van der Waals surface area contributed by atoms with E-state index in [1.165, 1.54) is 7.11 Å². The molecule has 0 spiro atoms. The number of aliphatic carboxylic acids is 1. The van der Waals surface area contributed by atoms with Crippen LogP contribution in [0, 0.1) is 18.3 Å². The zero-order chi connectivity index (χ0) is 21.4. The van der Waals surface area contributed by atoms with E-state index >= 15 is 0 Å². The summed E-state index contributed by atoms with van der Waals surface area (Å²) >= 11 is 0. The van der Waals surface area contributed by atoms with Crippen LogP contribution >= 0.6 is 0 Å². The van der Waals surface area contributed by atoms with Gasteiger partial charge >= 0.3 is 5.97 Å². The summed E-state index contributed by atoms with van der Waals surface area (Å²) < 4.78 is 16.8. The van der Waals surface area contributed by atoms with Crippen LogP contribution < -0.4 is 14.8 Å². The van der Waals surface area contributed by atoms with Gasteiger partial charge in [-0.3, -0.25) is 0 Å². The van der Waals surface area contributed by atoms with Crippen molar-refractivity contribution in [1.29, 1.82) is 5.26 Å². The molecule has 1 aromatic heterocycles. The molecule has 2 aromatic rings. The molecule has 0 bridgehead atoms. The summed E-state index contributed by atoms with van der Waals surface area (Å²) in [7, 11) is 1.50. The van der Waals surface area contributed by atoms with Crippen molar-refractivity contribution in [2.75, 3.05) is 25.6 Å². The number of nitriles is 1. The van der Waals surface area contributed by atoms with E-state index in [9.17, 15) is 15.2 Å². The third kappa shape index (κ3) is 3.23. The van der Waals surface area contributed by atoms with Crippen LogP contribution in [-0.4, -0.2) is 42.5 Å². The van der Waals surface area contributed by atoms with Crippen LogP contribution in [0.1, 0.15) is 35.1 Å². The van der Waals surface area contributed by atoms with Crippen LogP contribution in [0.3, 0.4) is 0 Å². The van der Waals surface area contributed by atoms with E-state index in [0.717, 1.165) is 11.3 Å². The van der Waals surface area contributed by atoms with Crippen LogP contribution in [0.15, 0.2) is 35.7 Å². The largest absolute Gasteiger partial charge is 0.496 e. The highest BCUT2D eigenvalue weighted by atomic mass is 16.6. The van der Waals surface area contributed by atoms with Gasteiger partial charge in [0.1, 0.15) is 11.9 Å². The third-order valence-corrected chi connectivity index (χ3v) is 5.35. The number of aromatic nitrogens is 1. The number of hydrogen-bond donors (Lipinski definition) is 2. The number of anilines is 1. The van der Waals surface area contributed by atoms with Gasteiger partial charge in [-0.05, 0) is 31.5 Å². The minimum atomic E-state index is -1.05. The van der Waals surface area contributed by atoms with Crippen LogP contribution in [0.25, 0.3) is 0 Å². The van der Waals surface area contributed by atoms with Gasteiger partial charge in [0.2, 0.25) is 5.88 Å². The highest BCUT2D eigenvalue weighted by molar-refractivity contribution is 5.94. The number of ether oxygens (including phenoxy) is 3. The van der Waals surface area contributed by atoms with Crippen molar-refractivity contribution >= 4 is 11.7 Å². The summed E-state index contributed by atoms with van der Waals surface area (Å²) in [6.45, 7) is 4.56. The number of carbonyl (C=O) groups is 1. The summed E-state index contributed by atoms with van der Waals surface area (Å²) in [5.41, 5.74) is 4.01. The number of pyridine rings is 1. The van der Waals surface area contributed by atoms with Gasteiger partial charge < -0.3 is 24.6 Å². The molecule has 8 heteroatoms. The number of methoxy groups -OCH3 is 1. The number of hydrogen-bond acceptors (Lipinski definition) is 7. The van der Waals surface area contributed by atoms with Crippen molar-refractivity contribution in [3.8, 4) is 17.7 Å². The molecule has 3 heterocycles. The van der Waals surface area contributed by atoms with Gasteiger partial charge in [-0.1, -0.05) is 6.07 Å². The highest BCUT2D eigenvalue weighted by Gasteiger charge is 2.38. The Morgan fingerprint density at radius 2 is 2.13 bits per heavy atom. The van der Waals surface area contributed by atoms with Crippen molar-refractivity contribution in [2.24, 2.45) is 0 Å². The normalized spacial score (nSPS) is 18.0. The Kier molecular flexibility index (Phi) is 5.06. The molecule has 30 heavy (non-hydrogen) atoms. The molecule has 2 aliphatic heterocycles. The molecule has 0 aliphatic carbocycles. The number of fused-ring (bicyclic) bond motifs is 1.